The third kappa shape index (κ3) is 2.43. The van der Waals surface area contributed by atoms with E-state index in [9.17, 15) is 4.79 Å². The second kappa shape index (κ2) is 4.41. The number of rotatable bonds is 4. The van der Waals surface area contributed by atoms with Crippen LogP contribution in [0.25, 0.3) is 0 Å². The molecule has 6 nitrogen and oxygen atoms in total. The number of hydrogen-bond donors (Lipinski definition) is 3. The van der Waals surface area contributed by atoms with Gasteiger partial charge in [-0.2, -0.15) is 5.10 Å². The molecule has 0 unspecified atom stereocenters. The van der Waals surface area contributed by atoms with Gasteiger partial charge in [0.25, 0.3) is 5.91 Å². The molecule has 1 amide bonds. The first-order valence-corrected chi connectivity index (χ1v) is 4.61. The van der Waals surface area contributed by atoms with Gasteiger partial charge in [0.1, 0.15) is 5.82 Å². The molecule has 6 heteroatoms. The molecule has 0 aliphatic heterocycles. The molecule has 78 valence electrons. The summed E-state index contributed by atoms with van der Waals surface area (Å²) in [4.78, 5) is 18.4. The summed E-state index contributed by atoms with van der Waals surface area (Å²) in [5.74, 6) is 0.734. The third-order valence-electron chi connectivity index (χ3n) is 1.96. The van der Waals surface area contributed by atoms with E-state index in [0.29, 0.717) is 18.5 Å². The minimum atomic E-state index is -0.129. The van der Waals surface area contributed by atoms with Crippen LogP contribution < -0.4 is 5.32 Å². The topological polar surface area (TPSA) is 86.5 Å². The maximum absolute atomic E-state index is 11.4. The first-order chi connectivity index (χ1) is 7.36. The number of H-pyrrole nitrogens is 2. The summed E-state index contributed by atoms with van der Waals surface area (Å²) in [6.07, 6.45) is 7.18. The van der Waals surface area contributed by atoms with Crippen molar-refractivity contribution in [1.29, 1.82) is 0 Å². The Labute approximate surface area is 86.1 Å². The summed E-state index contributed by atoms with van der Waals surface area (Å²) in [5.41, 5.74) is 0.537. The van der Waals surface area contributed by atoms with Gasteiger partial charge in [0, 0.05) is 31.6 Å². The second-order valence-electron chi connectivity index (χ2n) is 3.03. The molecule has 15 heavy (non-hydrogen) atoms. The van der Waals surface area contributed by atoms with Crippen molar-refractivity contribution in [3.63, 3.8) is 0 Å². The molecule has 0 saturated carbocycles. The van der Waals surface area contributed by atoms with Crippen LogP contribution in [0.5, 0.6) is 0 Å². The lowest BCUT2D eigenvalue weighted by molar-refractivity contribution is 0.0954. The van der Waals surface area contributed by atoms with Gasteiger partial charge in [-0.3, -0.25) is 9.89 Å². The molecule has 0 fully saturated rings. The standard InChI is InChI=1S/C9H11N5O/c15-9(7-5-13-14-6-7)12-2-1-8-10-3-4-11-8/h3-6H,1-2H2,(H,10,11)(H,12,15)(H,13,14). The van der Waals surface area contributed by atoms with Gasteiger partial charge in [-0.1, -0.05) is 0 Å². The van der Waals surface area contributed by atoms with Gasteiger partial charge in [0.15, 0.2) is 0 Å². The number of carbonyl (C=O) groups excluding carboxylic acids is 1. The van der Waals surface area contributed by atoms with E-state index in [0.717, 1.165) is 5.82 Å². The minimum absolute atomic E-state index is 0.129. The molecule has 0 atom stereocenters. The Hall–Kier alpha value is -2.11. The molecule has 2 heterocycles. The van der Waals surface area contributed by atoms with Crippen LogP contribution in [0.3, 0.4) is 0 Å². The summed E-state index contributed by atoms with van der Waals surface area (Å²) in [6, 6.07) is 0. The fraction of sp³-hybridized carbons (Fsp3) is 0.222. The van der Waals surface area contributed by atoms with Crippen molar-refractivity contribution in [2.45, 2.75) is 6.42 Å². The lowest BCUT2D eigenvalue weighted by atomic mass is 10.3. The van der Waals surface area contributed by atoms with Gasteiger partial charge in [-0.15, -0.1) is 0 Å². The van der Waals surface area contributed by atoms with Crippen LogP contribution in [-0.4, -0.2) is 32.6 Å². The highest BCUT2D eigenvalue weighted by atomic mass is 16.1. The molecule has 0 aromatic carbocycles. The highest BCUT2D eigenvalue weighted by Gasteiger charge is 2.05. The summed E-state index contributed by atoms with van der Waals surface area (Å²) < 4.78 is 0. The van der Waals surface area contributed by atoms with Crippen molar-refractivity contribution in [1.82, 2.24) is 25.5 Å². The van der Waals surface area contributed by atoms with Crippen molar-refractivity contribution in [3.05, 3.63) is 36.2 Å². The van der Waals surface area contributed by atoms with E-state index in [-0.39, 0.29) is 5.91 Å². The maximum atomic E-state index is 11.4. The van der Waals surface area contributed by atoms with E-state index < -0.39 is 0 Å². The molecule has 2 aromatic rings. The van der Waals surface area contributed by atoms with Crippen LogP contribution in [0.1, 0.15) is 16.2 Å². The summed E-state index contributed by atoms with van der Waals surface area (Å²) in [6.45, 7) is 0.553. The summed E-state index contributed by atoms with van der Waals surface area (Å²) in [7, 11) is 0. The Morgan fingerprint density at radius 3 is 3.13 bits per heavy atom. The molecule has 0 bridgehead atoms. The minimum Gasteiger partial charge on any atom is -0.351 e. The first-order valence-electron chi connectivity index (χ1n) is 4.61. The Morgan fingerprint density at radius 2 is 2.47 bits per heavy atom. The largest absolute Gasteiger partial charge is 0.351 e. The molecular formula is C9H11N5O. The lowest BCUT2D eigenvalue weighted by Crippen LogP contribution is -2.25. The molecule has 2 aromatic heterocycles. The Balaban J connectivity index is 1.77. The lowest BCUT2D eigenvalue weighted by Gasteiger charge is -2.00. The average Bonchev–Trinajstić information content (AvgIpc) is 2.90. The number of imidazole rings is 1. The number of carbonyl (C=O) groups is 1. The number of nitrogens with one attached hydrogen (secondary N) is 3. The van der Waals surface area contributed by atoms with Gasteiger partial charge in [-0.05, 0) is 0 Å². The second-order valence-corrected chi connectivity index (χ2v) is 3.03. The van der Waals surface area contributed by atoms with Crippen LogP contribution in [0.4, 0.5) is 0 Å². The van der Waals surface area contributed by atoms with Crippen molar-refractivity contribution in [2.24, 2.45) is 0 Å². The molecule has 3 N–H and O–H groups in total. The normalized spacial score (nSPS) is 10.1. The Morgan fingerprint density at radius 1 is 1.53 bits per heavy atom. The van der Waals surface area contributed by atoms with E-state index in [4.69, 9.17) is 0 Å². The van der Waals surface area contributed by atoms with Crippen LogP contribution >= 0.6 is 0 Å². The molecular weight excluding hydrogens is 194 g/mol. The van der Waals surface area contributed by atoms with Gasteiger partial charge in [-0.25, -0.2) is 4.98 Å². The van der Waals surface area contributed by atoms with Crippen molar-refractivity contribution in [3.8, 4) is 0 Å². The molecule has 0 aliphatic rings. The monoisotopic (exact) mass is 205 g/mol. The molecule has 2 rings (SSSR count). The number of aromatic amines is 2. The fourth-order valence-electron chi connectivity index (χ4n) is 1.21. The molecule has 0 spiro atoms. The predicted octanol–water partition coefficient (Wildman–Crippen LogP) is 0.105. The number of amides is 1. The van der Waals surface area contributed by atoms with E-state index in [2.05, 4.69) is 25.5 Å². The SMILES string of the molecule is O=C(NCCc1ncc[nH]1)c1cn[nH]c1. The van der Waals surface area contributed by atoms with E-state index in [1.807, 2.05) is 0 Å². The smallest absolute Gasteiger partial charge is 0.254 e. The van der Waals surface area contributed by atoms with Crippen LogP contribution in [0.2, 0.25) is 0 Å². The Bertz CT molecular complexity index is 406. The van der Waals surface area contributed by atoms with Crippen molar-refractivity contribution in [2.75, 3.05) is 6.54 Å². The Kier molecular flexibility index (Phi) is 2.77. The van der Waals surface area contributed by atoms with Gasteiger partial charge >= 0.3 is 0 Å². The zero-order valence-corrected chi connectivity index (χ0v) is 8.03. The number of hydrogen-bond acceptors (Lipinski definition) is 3. The van der Waals surface area contributed by atoms with Crippen molar-refractivity contribution < 1.29 is 4.79 Å². The van der Waals surface area contributed by atoms with Gasteiger partial charge < -0.3 is 10.3 Å². The summed E-state index contributed by atoms with van der Waals surface area (Å²) in [5, 5.41) is 9.05. The average molecular weight is 205 g/mol. The predicted molar refractivity (Wildman–Crippen MR) is 53.2 cm³/mol. The zero-order valence-electron chi connectivity index (χ0n) is 8.03. The van der Waals surface area contributed by atoms with Crippen LogP contribution in [0.15, 0.2) is 24.8 Å². The van der Waals surface area contributed by atoms with Gasteiger partial charge in [0.05, 0.1) is 11.8 Å². The summed E-state index contributed by atoms with van der Waals surface area (Å²) >= 11 is 0. The van der Waals surface area contributed by atoms with E-state index >= 15 is 0 Å². The molecule has 0 aliphatic carbocycles. The van der Waals surface area contributed by atoms with Gasteiger partial charge in [0.2, 0.25) is 0 Å². The quantitative estimate of drug-likeness (QED) is 0.661. The van der Waals surface area contributed by atoms with Crippen LogP contribution in [-0.2, 0) is 6.42 Å². The number of aromatic nitrogens is 4. The van der Waals surface area contributed by atoms with Crippen molar-refractivity contribution >= 4 is 5.91 Å². The maximum Gasteiger partial charge on any atom is 0.254 e. The first kappa shape index (κ1) is 9.45. The van der Waals surface area contributed by atoms with Crippen LogP contribution in [0, 0.1) is 0 Å². The third-order valence-corrected chi connectivity index (χ3v) is 1.96. The fourth-order valence-corrected chi connectivity index (χ4v) is 1.21. The van der Waals surface area contributed by atoms with E-state index in [1.54, 1.807) is 18.6 Å². The highest BCUT2D eigenvalue weighted by molar-refractivity contribution is 5.93. The molecule has 0 saturated heterocycles. The zero-order chi connectivity index (χ0) is 10.5. The molecule has 0 radical (unpaired) electrons. The van der Waals surface area contributed by atoms with E-state index in [1.165, 1.54) is 6.20 Å². The number of nitrogens with zero attached hydrogens (tertiary/aromatic N) is 2. The highest BCUT2D eigenvalue weighted by Crippen LogP contribution is 1.93.